The summed E-state index contributed by atoms with van der Waals surface area (Å²) in [5.41, 5.74) is 0.816. The molecule has 35 heavy (non-hydrogen) atoms. The Labute approximate surface area is 219 Å². The van der Waals surface area contributed by atoms with E-state index in [0.717, 1.165) is 15.9 Å². The molecular weight excluding hydrogens is 520 g/mol. The summed E-state index contributed by atoms with van der Waals surface area (Å²) < 4.78 is 0. The van der Waals surface area contributed by atoms with Gasteiger partial charge in [-0.25, -0.2) is 4.90 Å². The van der Waals surface area contributed by atoms with E-state index in [1.165, 1.54) is 4.90 Å². The number of amides is 2. The molecule has 1 atom stereocenters. The van der Waals surface area contributed by atoms with Crippen LogP contribution >= 0.6 is 42.1 Å². The lowest BCUT2D eigenvalue weighted by molar-refractivity contribution is 0.0643. The Morgan fingerprint density at radius 2 is 0.971 bits per heavy atom. The quantitative estimate of drug-likeness (QED) is 0.212. The molecular formula is C28H20Cl3NO2P+. The average Bonchev–Trinajstić information content (AvgIpc) is 3.10. The molecule has 4 aromatic carbocycles. The van der Waals surface area contributed by atoms with Gasteiger partial charge in [-0.15, -0.1) is 0 Å². The zero-order valence-corrected chi connectivity index (χ0v) is 21.8. The zero-order chi connectivity index (χ0) is 24.7. The Morgan fingerprint density at radius 3 is 1.31 bits per heavy atom. The first-order valence-corrected chi connectivity index (χ1v) is 14.0. The Morgan fingerprint density at radius 1 is 0.600 bits per heavy atom. The van der Waals surface area contributed by atoms with Gasteiger partial charge in [-0.2, -0.15) is 0 Å². The molecule has 1 aliphatic heterocycles. The van der Waals surface area contributed by atoms with Gasteiger partial charge in [-0.1, -0.05) is 65.1 Å². The van der Waals surface area contributed by atoms with E-state index in [1.54, 1.807) is 24.3 Å². The van der Waals surface area contributed by atoms with E-state index in [-0.39, 0.29) is 11.8 Å². The first-order valence-electron chi connectivity index (χ1n) is 11.0. The van der Waals surface area contributed by atoms with Crippen molar-refractivity contribution in [1.29, 1.82) is 0 Å². The summed E-state index contributed by atoms with van der Waals surface area (Å²) >= 11 is 19.5. The van der Waals surface area contributed by atoms with Crippen LogP contribution in [0.1, 0.15) is 27.6 Å². The molecule has 7 heteroatoms. The third kappa shape index (κ3) is 3.97. The van der Waals surface area contributed by atoms with Crippen LogP contribution in [0.25, 0.3) is 0 Å². The Bertz CT molecular complexity index is 1330. The molecule has 174 valence electrons. The number of hydrogen-bond acceptors (Lipinski definition) is 2. The van der Waals surface area contributed by atoms with Crippen LogP contribution in [0.15, 0.2) is 97.1 Å². The van der Waals surface area contributed by atoms with Crippen LogP contribution in [-0.2, 0) is 0 Å². The van der Waals surface area contributed by atoms with Crippen LogP contribution in [0.2, 0.25) is 15.1 Å². The van der Waals surface area contributed by atoms with Crippen LogP contribution in [0.5, 0.6) is 0 Å². The van der Waals surface area contributed by atoms with Crippen molar-refractivity contribution < 1.29 is 9.59 Å². The normalized spacial score (nSPS) is 14.2. The van der Waals surface area contributed by atoms with E-state index in [1.807, 2.05) is 79.7 Å². The second-order valence-corrected chi connectivity index (χ2v) is 13.4. The van der Waals surface area contributed by atoms with Gasteiger partial charge in [-0.05, 0) is 73.7 Å². The molecule has 5 rings (SSSR count). The van der Waals surface area contributed by atoms with Gasteiger partial charge in [-0.3, -0.25) is 9.59 Å². The third-order valence-electron chi connectivity index (χ3n) is 6.41. The lowest BCUT2D eigenvalue weighted by Gasteiger charge is -2.36. The molecule has 0 bridgehead atoms. The standard InChI is InChI=1S/C28H20Cl3NO2P/c1-18(32-27(33)25-13-2-3-14-26(25)28(32)34)35(22-10-4-7-19(29)15-22,23-11-5-8-20(30)16-23)24-12-6-9-21(31)17-24/h2-18H,1H3/q+1. The number of benzene rings is 4. The molecule has 0 aliphatic carbocycles. The van der Waals surface area contributed by atoms with Gasteiger partial charge in [0.1, 0.15) is 23.2 Å². The molecule has 2 amide bonds. The van der Waals surface area contributed by atoms with Crippen LogP contribution in [-0.4, -0.2) is 22.5 Å². The molecule has 4 aromatic rings. The Kier molecular flexibility index (Phi) is 6.46. The van der Waals surface area contributed by atoms with Crippen molar-refractivity contribution in [3.05, 3.63) is 123 Å². The number of halogens is 3. The molecule has 0 saturated carbocycles. The second kappa shape index (κ2) is 9.41. The zero-order valence-electron chi connectivity index (χ0n) is 18.7. The summed E-state index contributed by atoms with van der Waals surface area (Å²) in [6, 6.07) is 29.7. The highest BCUT2D eigenvalue weighted by Gasteiger charge is 2.57. The van der Waals surface area contributed by atoms with Gasteiger partial charge in [0.2, 0.25) is 0 Å². The largest absolute Gasteiger partial charge is 0.268 e. The molecule has 1 unspecified atom stereocenters. The van der Waals surface area contributed by atoms with E-state index in [2.05, 4.69) is 0 Å². The van der Waals surface area contributed by atoms with Gasteiger partial charge < -0.3 is 0 Å². The van der Waals surface area contributed by atoms with Gasteiger partial charge in [0.25, 0.3) is 11.8 Å². The minimum atomic E-state index is -2.75. The summed E-state index contributed by atoms with van der Waals surface area (Å²) in [5.74, 6) is -1.17. The van der Waals surface area contributed by atoms with Gasteiger partial charge in [0.05, 0.1) is 11.1 Å². The Hall–Kier alpha value is -2.68. The highest BCUT2D eigenvalue weighted by Crippen LogP contribution is 2.62. The monoisotopic (exact) mass is 538 g/mol. The Balaban J connectivity index is 1.85. The molecule has 3 nitrogen and oxygen atoms in total. The fourth-order valence-electron chi connectivity index (χ4n) is 4.90. The predicted octanol–water partition coefficient (Wildman–Crippen LogP) is 6.58. The van der Waals surface area contributed by atoms with Crippen molar-refractivity contribution in [2.24, 2.45) is 0 Å². The fraction of sp³-hybridized carbons (Fsp3) is 0.0714. The van der Waals surface area contributed by atoms with E-state index >= 15 is 0 Å². The molecule has 0 aromatic heterocycles. The van der Waals surface area contributed by atoms with Crippen molar-refractivity contribution >= 4 is 69.8 Å². The van der Waals surface area contributed by atoms with Crippen LogP contribution < -0.4 is 15.9 Å². The van der Waals surface area contributed by atoms with Crippen LogP contribution in [0.4, 0.5) is 0 Å². The highest BCUT2D eigenvalue weighted by molar-refractivity contribution is 7.96. The molecule has 0 fully saturated rings. The van der Waals surface area contributed by atoms with E-state index < -0.39 is 13.0 Å². The molecule has 0 radical (unpaired) electrons. The van der Waals surface area contributed by atoms with E-state index in [4.69, 9.17) is 34.8 Å². The molecule has 0 N–H and O–H groups in total. The van der Waals surface area contributed by atoms with E-state index in [9.17, 15) is 9.59 Å². The molecule has 0 spiro atoms. The maximum atomic E-state index is 13.6. The summed E-state index contributed by atoms with van der Waals surface area (Å²) in [7, 11) is -2.75. The first-order chi connectivity index (χ1) is 16.8. The summed E-state index contributed by atoms with van der Waals surface area (Å²) in [6.45, 7) is 1.93. The van der Waals surface area contributed by atoms with Crippen molar-refractivity contribution in [3.8, 4) is 0 Å². The average molecular weight is 540 g/mol. The predicted molar refractivity (Wildman–Crippen MR) is 147 cm³/mol. The SMILES string of the molecule is CC(N1C(=O)c2ccccc2C1=O)[P+](c1cccc(Cl)c1)(c1cccc(Cl)c1)c1cccc(Cl)c1. The minimum absolute atomic E-state index is 0.312. The fourth-order valence-corrected chi connectivity index (χ4v) is 10.4. The number of nitrogens with zero attached hydrogens (tertiary/aromatic N) is 1. The number of hydrogen-bond donors (Lipinski definition) is 0. The van der Waals surface area contributed by atoms with Crippen LogP contribution in [0.3, 0.4) is 0 Å². The third-order valence-corrected chi connectivity index (χ3v) is 11.7. The lowest BCUT2D eigenvalue weighted by Crippen LogP contribution is -2.48. The summed E-state index contributed by atoms with van der Waals surface area (Å²) in [4.78, 5) is 28.7. The van der Waals surface area contributed by atoms with Gasteiger partial charge >= 0.3 is 0 Å². The number of carbonyl (C=O) groups excluding carboxylic acids is 2. The molecule has 1 aliphatic rings. The lowest BCUT2D eigenvalue weighted by atomic mass is 10.1. The molecule has 1 heterocycles. The highest BCUT2D eigenvalue weighted by atomic mass is 35.5. The van der Waals surface area contributed by atoms with Crippen molar-refractivity contribution in [1.82, 2.24) is 4.90 Å². The van der Waals surface area contributed by atoms with Crippen molar-refractivity contribution in [2.75, 3.05) is 0 Å². The van der Waals surface area contributed by atoms with Crippen molar-refractivity contribution in [3.63, 3.8) is 0 Å². The van der Waals surface area contributed by atoms with Crippen LogP contribution in [0, 0.1) is 0 Å². The number of fused-ring (bicyclic) bond motifs is 1. The number of rotatable bonds is 5. The smallest absolute Gasteiger partial charge is 0.264 e. The first kappa shape index (κ1) is 24.0. The minimum Gasteiger partial charge on any atom is -0.268 e. The maximum absolute atomic E-state index is 13.6. The maximum Gasteiger partial charge on any atom is 0.264 e. The van der Waals surface area contributed by atoms with Gasteiger partial charge in [0, 0.05) is 15.1 Å². The summed E-state index contributed by atoms with van der Waals surface area (Å²) in [5, 5.41) is 4.43. The second-order valence-electron chi connectivity index (χ2n) is 8.32. The molecule has 0 saturated heterocycles. The topological polar surface area (TPSA) is 37.4 Å². The van der Waals surface area contributed by atoms with E-state index in [0.29, 0.717) is 26.2 Å². The summed E-state index contributed by atoms with van der Waals surface area (Å²) in [6.07, 6.45) is 0. The number of carbonyl (C=O) groups is 2. The van der Waals surface area contributed by atoms with Crippen molar-refractivity contribution in [2.45, 2.75) is 12.7 Å². The number of imide groups is 1. The van der Waals surface area contributed by atoms with Gasteiger partial charge in [0.15, 0.2) is 5.78 Å².